The molecule has 96 valence electrons. The van der Waals surface area contributed by atoms with Gasteiger partial charge < -0.3 is 10.5 Å². The number of nitrogens with two attached hydrogens (primary N) is 1. The molecule has 0 fully saturated rings. The Balaban J connectivity index is 2.54. The molecule has 0 saturated heterocycles. The fraction of sp³-hybridized carbons (Fsp3) is 0.455. The van der Waals surface area contributed by atoms with Crippen LogP contribution in [0.4, 0.5) is 5.69 Å². The summed E-state index contributed by atoms with van der Waals surface area (Å²) in [5.41, 5.74) is 6.11. The smallest absolute Gasteiger partial charge is 0.153 e. The molecule has 1 rings (SSSR count). The number of hydrogen-bond donors (Lipinski definition) is 1. The lowest BCUT2D eigenvalue weighted by Gasteiger charge is -2.09. The van der Waals surface area contributed by atoms with Crippen molar-refractivity contribution in [3.8, 4) is 5.75 Å². The molecule has 0 spiro atoms. The number of hydrogen-bond acceptors (Lipinski definition) is 4. The van der Waals surface area contributed by atoms with E-state index >= 15 is 0 Å². The Morgan fingerprint density at radius 3 is 2.71 bits per heavy atom. The normalized spacial score (nSPS) is 11.4. The van der Waals surface area contributed by atoms with Crippen molar-refractivity contribution in [3.05, 3.63) is 23.2 Å². The van der Waals surface area contributed by atoms with Crippen molar-refractivity contribution in [3.63, 3.8) is 0 Å². The molecule has 2 N–H and O–H groups in total. The van der Waals surface area contributed by atoms with Crippen LogP contribution in [0, 0.1) is 0 Å². The number of rotatable bonds is 6. The van der Waals surface area contributed by atoms with E-state index in [0.717, 1.165) is 0 Å². The van der Waals surface area contributed by atoms with Gasteiger partial charge in [-0.3, -0.25) is 0 Å². The van der Waals surface area contributed by atoms with Crippen molar-refractivity contribution in [1.29, 1.82) is 0 Å². The quantitative estimate of drug-likeness (QED) is 0.809. The largest absolute Gasteiger partial charge is 0.490 e. The van der Waals surface area contributed by atoms with E-state index < -0.39 is 9.84 Å². The highest BCUT2D eigenvalue weighted by Crippen LogP contribution is 2.25. The zero-order valence-corrected chi connectivity index (χ0v) is 11.2. The van der Waals surface area contributed by atoms with Gasteiger partial charge in [0.1, 0.15) is 12.4 Å². The van der Waals surface area contributed by atoms with Crippen molar-refractivity contribution < 1.29 is 13.2 Å². The molecule has 6 heteroatoms. The highest BCUT2D eigenvalue weighted by molar-refractivity contribution is 7.91. The molecular formula is C11H16ClNO3S. The van der Waals surface area contributed by atoms with Crippen LogP contribution in [0.25, 0.3) is 0 Å². The van der Waals surface area contributed by atoms with E-state index in [1.807, 2.05) is 6.92 Å². The maximum atomic E-state index is 11.4. The van der Waals surface area contributed by atoms with Gasteiger partial charge in [0.05, 0.1) is 17.2 Å². The first kappa shape index (κ1) is 14.1. The fourth-order valence-electron chi connectivity index (χ4n) is 1.32. The highest BCUT2D eigenvalue weighted by Gasteiger charge is 2.10. The Morgan fingerprint density at radius 2 is 2.06 bits per heavy atom. The van der Waals surface area contributed by atoms with Crippen LogP contribution in [0.1, 0.15) is 13.3 Å². The van der Waals surface area contributed by atoms with Gasteiger partial charge in [0.2, 0.25) is 0 Å². The van der Waals surface area contributed by atoms with Gasteiger partial charge in [-0.15, -0.1) is 0 Å². The number of anilines is 1. The Hall–Kier alpha value is -0.940. The van der Waals surface area contributed by atoms with Gasteiger partial charge in [0, 0.05) is 11.1 Å². The first-order valence-electron chi connectivity index (χ1n) is 5.33. The second-order valence-electron chi connectivity index (χ2n) is 3.68. The first-order valence-corrected chi connectivity index (χ1v) is 7.53. The minimum absolute atomic E-state index is 0.00715. The van der Waals surface area contributed by atoms with Crippen LogP contribution in [-0.2, 0) is 9.84 Å². The summed E-state index contributed by atoms with van der Waals surface area (Å²) in [5.74, 6) is 0.595. The van der Waals surface area contributed by atoms with Gasteiger partial charge in [0.15, 0.2) is 9.84 Å². The van der Waals surface area contributed by atoms with Gasteiger partial charge >= 0.3 is 0 Å². The predicted octanol–water partition coefficient (Wildman–Crippen LogP) is 2.13. The molecule has 0 heterocycles. The van der Waals surface area contributed by atoms with Crippen LogP contribution in [-0.4, -0.2) is 26.5 Å². The van der Waals surface area contributed by atoms with Crippen LogP contribution in [0.2, 0.25) is 5.02 Å². The van der Waals surface area contributed by atoms with Crippen LogP contribution in [0.15, 0.2) is 18.2 Å². The van der Waals surface area contributed by atoms with E-state index in [4.69, 9.17) is 22.1 Å². The average Bonchev–Trinajstić information content (AvgIpc) is 2.23. The first-order chi connectivity index (χ1) is 7.94. The molecule has 0 atom stereocenters. The Labute approximate surface area is 107 Å². The van der Waals surface area contributed by atoms with Gasteiger partial charge in [-0.05, 0) is 18.6 Å². The summed E-state index contributed by atoms with van der Waals surface area (Å²) >= 11 is 5.78. The number of halogens is 1. The molecule has 0 unspecified atom stereocenters. The van der Waals surface area contributed by atoms with Crippen LogP contribution in [0.5, 0.6) is 5.75 Å². The van der Waals surface area contributed by atoms with E-state index in [1.165, 1.54) is 0 Å². The summed E-state index contributed by atoms with van der Waals surface area (Å²) in [5, 5.41) is 0.505. The monoisotopic (exact) mass is 277 g/mol. The standard InChI is InChI=1S/C11H16ClNO3S/c1-2-6-17(14,15)7-5-16-11-8-9(12)3-4-10(11)13/h3-4,8H,2,5-7,13H2,1H3. The van der Waals surface area contributed by atoms with E-state index in [2.05, 4.69) is 0 Å². The van der Waals surface area contributed by atoms with Gasteiger partial charge in [-0.25, -0.2) is 8.42 Å². The number of benzene rings is 1. The number of nitrogen functional groups attached to an aromatic ring is 1. The predicted molar refractivity (Wildman–Crippen MR) is 70.3 cm³/mol. The Bertz CT molecular complexity index is 474. The second-order valence-corrected chi connectivity index (χ2v) is 6.42. The zero-order valence-electron chi connectivity index (χ0n) is 9.65. The molecule has 4 nitrogen and oxygen atoms in total. The van der Waals surface area contributed by atoms with E-state index in [-0.39, 0.29) is 18.1 Å². The van der Waals surface area contributed by atoms with Crippen molar-refractivity contribution in [2.75, 3.05) is 23.8 Å². The van der Waals surface area contributed by atoms with Crippen molar-refractivity contribution in [1.82, 2.24) is 0 Å². The molecular weight excluding hydrogens is 262 g/mol. The van der Waals surface area contributed by atoms with Crippen LogP contribution in [0.3, 0.4) is 0 Å². The summed E-state index contributed by atoms with van der Waals surface area (Å²) in [7, 11) is -3.02. The molecule has 1 aromatic rings. The van der Waals surface area contributed by atoms with Crippen molar-refractivity contribution in [2.24, 2.45) is 0 Å². The Morgan fingerprint density at radius 1 is 1.35 bits per heavy atom. The third-order valence-electron chi connectivity index (χ3n) is 2.14. The summed E-state index contributed by atoms with van der Waals surface area (Å²) in [6.07, 6.45) is 0.613. The zero-order chi connectivity index (χ0) is 12.9. The minimum Gasteiger partial charge on any atom is -0.490 e. The average molecular weight is 278 g/mol. The third-order valence-corrected chi connectivity index (χ3v) is 4.20. The van der Waals surface area contributed by atoms with Crippen LogP contribution >= 0.6 is 11.6 Å². The SMILES string of the molecule is CCCS(=O)(=O)CCOc1cc(Cl)ccc1N. The number of sulfone groups is 1. The lowest BCUT2D eigenvalue weighted by atomic mass is 10.3. The molecule has 0 bridgehead atoms. The molecule has 0 aromatic heterocycles. The lowest BCUT2D eigenvalue weighted by molar-refractivity contribution is 0.342. The summed E-state index contributed by atoms with van der Waals surface area (Å²) in [6.45, 7) is 1.92. The maximum absolute atomic E-state index is 11.4. The summed E-state index contributed by atoms with van der Waals surface area (Å²) in [6, 6.07) is 4.85. The van der Waals surface area contributed by atoms with Gasteiger partial charge in [-0.2, -0.15) is 0 Å². The van der Waals surface area contributed by atoms with E-state index in [1.54, 1.807) is 18.2 Å². The molecule has 0 saturated carbocycles. The summed E-state index contributed by atoms with van der Waals surface area (Å²) < 4.78 is 28.2. The molecule has 0 amide bonds. The van der Waals surface area contributed by atoms with Gasteiger partial charge in [-0.1, -0.05) is 18.5 Å². The number of ether oxygens (including phenoxy) is 1. The topological polar surface area (TPSA) is 69.4 Å². The molecule has 0 aliphatic heterocycles. The summed E-state index contributed by atoms with van der Waals surface area (Å²) in [4.78, 5) is 0. The molecule has 17 heavy (non-hydrogen) atoms. The van der Waals surface area contributed by atoms with Crippen LogP contribution < -0.4 is 10.5 Å². The van der Waals surface area contributed by atoms with E-state index in [9.17, 15) is 8.42 Å². The highest BCUT2D eigenvalue weighted by atomic mass is 35.5. The molecule has 0 aliphatic carbocycles. The van der Waals surface area contributed by atoms with E-state index in [0.29, 0.717) is 22.9 Å². The minimum atomic E-state index is -3.02. The lowest BCUT2D eigenvalue weighted by Crippen LogP contribution is -2.17. The third kappa shape index (κ3) is 4.83. The Kier molecular flexibility index (Phi) is 5.08. The molecule has 1 aromatic carbocycles. The fourth-order valence-corrected chi connectivity index (χ4v) is 2.65. The second kappa shape index (κ2) is 6.12. The molecule has 0 aliphatic rings. The van der Waals surface area contributed by atoms with Crippen molar-refractivity contribution >= 4 is 27.1 Å². The molecule has 0 radical (unpaired) electrons. The maximum Gasteiger partial charge on any atom is 0.153 e. The van der Waals surface area contributed by atoms with Crippen molar-refractivity contribution in [2.45, 2.75) is 13.3 Å². The van der Waals surface area contributed by atoms with Gasteiger partial charge in [0.25, 0.3) is 0 Å².